The van der Waals surface area contributed by atoms with Crippen molar-refractivity contribution in [3.05, 3.63) is 59.9 Å². The first kappa shape index (κ1) is 16.3. The molecule has 1 saturated heterocycles. The van der Waals surface area contributed by atoms with Gasteiger partial charge in [0.25, 0.3) is 0 Å². The predicted molar refractivity (Wildman–Crippen MR) is 88.7 cm³/mol. The predicted octanol–water partition coefficient (Wildman–Crippen LogP) is 3.44. The van der Waals surface area contributed by atoms with Gasteiger partial charge >= 0.3 is 6.03 Å². The Hall–Kier alpha value is -2.60. The number of ether oxygens (including phenoxy) is 2. The minimum atomic E-state index is -0.288. The third-order valence-electron chi connectivity index (χ3n) is 3.94. The third-order valence-corrected chi connectivity index (χ3v) is 3.94. The van der Waals surface area contributed by atoms with Crippen LogP contribution in [0.5, 0.6) is 5.75 Å². The van der Waals surface area contributed by atoms with Crippen LogP contribution in [0.15, 0.2) is 48.5 Å². The standard InChI is InChI=1S/C18H19FN2O3/c1-23-16-8-6-15(7-9-16)20-18(22)21-10-11-24-17(12-21)13-2-4-14(19)5-3-13/h2-9,17H,10-12H2,1H3,(H,20,22). The molecule has 0 radical (unpaired) electrons. The van der Waals surface area contributed by atoms with Gasteiger partial charge in [0.15, 0.2) is 0 Å². The molecular weight excluding hydrogens is 311 g/mol. The molecule has 1 atom stereocenters. The maximum absolute atomic E-state index is 13.0. The summed E-state index contributed by atoms with van der Waals surface area (Å²) in [7, 11) is 1.59. The maximum Gasteiger partial charge on any atom is 0.322 e. The van der Waals surface area contributed by atoms with Crippen LogP contribution in [0.1, 0.15) is 11.7 Å². The van der Waals surface area contributed by atoms with Gasteiger partial charge in [0.05, 0.1) is 20.3 Å². The summed E-state index contributed by atoms with van der Waals surface area (Å²) in [5, 5.41) is 2.86. The van der Waals surface area contributed by atoms with Gasteiger partial charge in [0, 0.05) is 12.2 Å². The highest BCUT2D eigenvalue weighted by atomic mass is 19.1. The number of amides is 2. The second-order valence-corrected chi connectivity index (χ2v) is 5.52. The largest absolute Gasteiger partial charge is 0.497 e. The van der Waals surface area contributed by atoms with Crippen molar-refractivity contribution in [2.45, 2.75) is 6.10 Å². The summed E-state index contributed by atoms with van der Waals surface area (Å²) in [5.41, 5.74) is 1.56. The summed E-state index contributed by atoms with van der Waals surface area (Å²) in [6.45, 7) is 1.38. The summed E-state index contributed by atoms with van der Waals surface area (Å²) in [4.78, 5) is 14.1. The van der Waals surface area contributed by atoms with Crippen LogP contribution in [-0.2, 0) is 4.74 Å². The van der Waals surface area contributed by atoms with E-state index in [-0.39, 0.29) is 18.0 Å². The summed E-state index contributed by atoms with van der Waals surface area (Å²) in [5.74, 6) is 0.444. The number of carbonyl (C=O) groups is 1. The highest BCUT2D eigenvalue weighted by molar-refractivity contribution is 5.89. The molecule has 0 saturated carbocycles. The molecule has 2 aromatic rings. The van der Waals surface area contributed by atoms with E-state index >= 15 is 0 Å². The van der Waals surface area contributed by atoms with E-state index in [9.17, 15) is 9.18 Å². The summed E-state index contributed by atoms with van der Waals surface area (Å²) in [6, 6.07) is 13.1. The van der Waals surface area contributed by atoms with Crippen molar-refractivity contribution in [2.75, 3.05) is 32.1 Å². The monoisotopic (exact) mass is 330 g/mol. The van der Waals surface area contributed by atoms with Crippen molar-refractivity contribution >= 4 is 11.7 Å². The Bertz CT molecular complexity index is 688. The number of methoxy groups -OCH3 is 1. The number of anilines is 1. The van der Waals surface area contributed by atoms with Crippen molar-refractivity contribution in [3.8, 4) is 5.75 Å². The van der Waals surface area contributed by atoms with Gasteiger partial charge in [0.1, 0.15) is 17.7 Å². The fraction of sp³-hybridized carbons (Fsp3) is 0.278. The van der Waals surface area contributed by atoms with E-state index in [2.05, 4.69) is 5.32 Å². The first-order valence-electron chi connectivity index (χ1n) is 7.73. The molecule has 24 heavy (non-hydrogen) atoms. The highest BCUT2D eigenvalue weighted by Gasteiger charge is 2.25. The van der Waals surface area contributed by atoms with Crippen LogP contribution in [0.25, 0.3) is 0 Å². The summed E-state index contributed by atoms with van der Waals surface area (Å²) < 4.78 is 23.8. The molecule has 0 aliphatic carbocycles. The van der Waals surface area contributed by atoms with Gasteiger partial charge in [-0.25, -0.2) is 9.18 Å². The lowest BCUT2D eigenvalue weighted by Crippen LogP contribution is -2.44. The quantitative estimate of drug-likeness (QED) is 0.938. The van der Waals surface area contributed by atoms with Gasteiger partial charge in [-0.1, -0.05) is 12.1 Å². The minimum absolute atomic E-state index is 0.185. The SMILES string of the molecule is COc1ccc(NC(=O)N2CCOC(c3ccc(F)cc3)C2)cc1. The third kappa shape index (κ3) is 3.83. The zero-order valence-electron chi connectivity index (χ0n) is 13.4. The van der Waals surface area contributed by atoms with E-state index in [1.165, 1.54) is 12.1 Å². The number of urea groups is 1. The second-order valence-electron chi connectivity index (χ2n) is 5.52. The van der Waals surface area contributed by atoms with Crippen LogP contribution in [0, 0.1) is 5.82 Å². The first-order chi connectivity index (χ1) is 11.7. The molecule has 2 amide bonds. The number of nitrogens with zero attached hydrogens (tertiary/aromatic N) is 1. The van der Waals surface area contributed by atoms with Crippen LogP contribution >= 0.6 is 0 Å². The molecule has 0 spiro atoms. The van der Waals surface area contributed by atoms with Crippen LogP contribution in [0.2, 0.25) is 0 Å². The Balaban J connectivity index is 1.63. The fourth-order valence-corrected chi connectivity index (χ4v) is 2.59. The van der Waals surface area contributed by atoms with E-state index in [0.29, 0.717) is 25.4 Å². The zero-order chi connectivity index (χ0) is 16.9. The lowest BCUT2D eigenvalue weighted by Gasteiger charge is -2.33. The molecular formula is C18H19FN2O3. The van der Waals surface area contributed by atoms with Gasteiger partial charge in [-0.3, -0.25) is 0 Å². The number of carbonyl (C=O) groups excluding carboxylic acids is 1. The topological polar surface area (TPSA) is 50.8 Å². The second kappa shape index (κ2) is 7.31. The molecule has 1 aliphatic heterocycles. The molecule has 6 heteroatoms. The van der Waals surface area contributed by atoms with Crippen LogP contribution < -0.4 is 10.1 Å². The van der Waals surface area contributed by atoms with Crippen LogP contribution in [-0.4, -0.2) is 37.7 Å². The van der Waals surface area contributed by atoms with Crippen LogP contribution in [0.3, 0.4) is 0 Å². The minimum Gasteiger partial charge on any atom is -0.497 e. The molecule has 1 aliphatic rings. The molecule has 126 valence electrons. The number of rotatable bonds is 3. The molecule has 2 aromatic carbocycles. The Kier molecular flexibility index (Phi) is 4.96. The molecule has 5 nitrogen and oxygen atoms in total. The normalized spacial score (nSPS) is 17.4. The maximum atomic E-state index is 13.0. The Morgan fingerprint density at radius 3 is 2.58 bits per heavy atom. The van der Waals surface area contributed by atoms with E-state index in [4.69, 9.17) is 9.47 Å². The number of hydrogen-bond donors (Lipinski definition) is 1. The number of halogens is 1. The van der Waals surface area contributed by atoms with Gasteiger partial charge < -0.3 is 19.7 Å². The molecule has 1 unspecified atom stereocenters. The number of morpholine rings is 1. The van der Waals surface area contributed by atoms with Crippen molar-refractivity contribution in [2.24, 2.45) is 0 Å². The lowest BCUT2D eigenvalue weighted by atomic mass is 10.1. The molecule has 1 heterocycles. The van der Waals surface area contributed by atoms with E-state index in [1.807, 2.05) is 0 Å². The first-order valence-corrected chi connectivity index (χ1v) is 7.73. The van der Waals surface area contributed by atoms with Crippen molar-refractivity contribution < 1.29 is 18.7 Å². The van der Waals surface area contributed by atoms with E-state index in [1.54, 1.807) is 48.4 Å². The Labute approximate surface area is 140 Å². The molecule has 1 N–H and O–H groups in total. The highest BCUT2D eigenvalue weighted by Crippen LogP contribution is 2.23. The van der Waals surface area contributed by atoms with Crippen molar-refractivity contribution in [1.82, 2.24) is 4.90 Å². The van der Waals surface area contributed by atoms with Crippen molar-refractivity contribution in [1.29, 1.82) is 0 Å². The summed E-state index contributed by atoms with van der Waals surface area (Å²) in [6.07, 6.45) is -0.249. The van der Waals surface area contributed by atoms with Gasteiger partial charge in [-0.15, -0.1) is 0 Å². The van der Waals surface area contributed by atoms with Crippen molar-refractivity contribution in [3.63, 3.8) is 0 Å². The van der Waals surface area contributed by atoms with Gasteiger partial charge in [-0.2, -0.15) is 0 Å². The number of benzene rings is 2. The zero-order valence-corrected chi connectivity index (χ0v) is 13.4. The number of nitrogens with one attached hydrogen (secondary N) is 1. The number of hydrogen-bond acceptors (Lipinski definition) is 3. The Morgan fingerprint density at radius 1 is 1.21 bits per heavy atom. The van der Waals surface area contributed by atoms with E-state index < -0.39 is 0 Å². The van der Waals surface area contributed by atoms with Crippen LogP contribution in [0.4, 0.5) is 14.9 Å². The molecule has 0 bridgehead atoms. The molecule has 3 rings (SSSR count). The average Bonchev–Trinajstić information content (AvgIpc) is 2.63. The van der Waals surface area contributed by atoms with Gasteiger partial charge in [0.2, 0.25) is 0 Å². The Morgan fingerprint density at radius 2 is 1.92 bits per heavy atom. The molecule has 1 fully saturated rings. The van der Waals surface area contributed by atoms with Gasteiger partial charge in [-0.05, 0) is 42.0 Å². The fourth-order valence-electron chi connectivity index (χ4n) is 2.59. The van der Waals surface area contributed by atoms with E-state index in [0.717, 1.165) is 11.3 Å². The average molecular weight is 330 g/mol. The summed E-state index contributed by atoms with van der Waals surface area (Å²) >= 11 is 0. The lowest BCUT2D eigenvalue weighted by molar-refractivity contribution is -0.0135. The smallest absolute Gasteiger partial charge is 0.322 e. The molecule has 0 aromatic heterocycles.